The molecule has 2 aromatic carbocycles. The third-order valence-corrected chi connectivity index (χ3v) is 4.61. The summed E-state index contributed by atoms with van der Waals surface area (Å²) in [5, 5.41) is 0.274. The highest BCUT2D eigenvalue weighted by Crippen LogP contribution is 2.27. The van der Waals surface area contributed by atoms with Gasteiger partial charge in [-0.15, -0.1) is 0 Å². The Morgan fingerprint density at radius 3 is 2.48 bits per heavy atom. The van der Waals surface area contributed by atoms with Crippen LogP contribution < -0.4 is 10.5 Å². The van der Waals surface area contributed by atoms with E-state index >= 15 is 0 Å². The summed E-state index contributed by atoms with van der Waals surface area (Å²) in [6, 6.07) is 7.27. The summed E-state index contributed by atoms with van der Waals surface area (Å²) in [5.41, 5.74) is 6.53. The summed E-state index contributed by atoms with van der Waals surface area (Å²) in [4.78, 5) is -0.114. The second-order valence-electron chi connectivity index (χ2n) is 4.73. The minimum Gasteiger partial charge on any atom is -0.396 e. The quantitative estimate of drug-likeness (QED) is 0.847. The van der Waals surface area contributed by atoms with Crippen LogP contribution in [-0.4, -0.2) is 8.42 Å². The number of sulfonamides is 1. The first-order valence-corrected chi connectivity index (χ1v) is 7.91. The predicted octanol–water partition coefficient (Wildman–Crippen LogP) is 3.48. The Labute approximate surface area is 127 Å². The Morgan fingerprint density at radius 1 is 1.19 bits per heavy atom. The second-order valence-corrected chi connectivity index (χ2v) is 6.82. The van der Waals surface area contributed by atoms with Gasteiger partial charge < -0.3 is 5.73 Å². The van der Waals surface area contributed by atoms with Gasteiger partial charge in [-0.2, -0.15) is 0 Å². The number of nitrogens with two attached hydrogens (primary N) is 1. The SMILES string of the molecule is Cc1ccc(Cl)c(NS(=O)(=O)c2cc(C)c(F)c(N)c2)c1. The maximum Gasteiger partial charge on any atom is 0.262 e. The van der Waals surface area contributed by atoms with Crippen LogP contribution in [-0.2, 0) is 10.0 Å². The van der Waals surface area contributed by atoms with Crippen LogP contribution >= 0.6 is 11.6 Å². The van der Waals surface area contributed by atoms with Crippen molar-refractivity contribution in [2.75, 3.05) is 10.5 Å². The van der Waals surface area contributed by atoms with E-state index in [-0.39, 0.29) is 26.9 Å². The minimum absolute atomic E-state index is 0.114. The van der Waals surface area contributed by atoms with Crippen LogP contribution in [0.25, 0.3) is 0 Å². The largest absolute Gasteiger partial charge is 0.396 e. The molecule has 0 spiro atoms. The van der Waals surface area contributed by atoms with E-state index in [0.29, 0.717) is 0 Å². The number of anilines is 2. The van der Waals surface area contributed by atoms with Crippen molar-refractivity contribution >= 4 is 33.0 Å². The number of nitrogens with one attached hydrogen (secondary N) is 1. The molecule has 4 nitrogen and oxygen atoms in total. The van der Waals surface area contributed by atoms with E-state index in [1.54, 1.807) is 18.2 Å². The summed E-state index contributed by atoms with van der Waals surface area (Å²) in [7, 11) is -3.90. The second kappa shape index (κ2) is 5.54. The fourth-order valence-electron chi connectivity index (χ4n) is 1.84. The van der Waals surface area contributed by atoms with Gasteiger partial charge in [-0.1, -0.05) is 17.7 Å². The van der Waals surface area contributed by atoms with Gasteiger partial charge in [-0.3, -0.25) is 4.72 Å². The van der Waals surface area contributed by atoms with E-state index < -0.39 is 15.8 Å². The molecule has 3 N–H and O–H groups in total. The highest BCUT2D eigenvalue weighted by molar-refractivity contribution is 7.92. The van der Waals surface area contributed by atoms with Crippen molar-refractivity contribution in [3.05, 3.63) is 52.3 Å². The number of halogens is 2. The van der Waals surface area contributed by atoms with Gasteiger partial charge in [-0.25, -0.2) is 12.8 Å². The number of benzene rings is 2. The molecule has 112 valence electrons. The van der Waals surface area contributed by atoms with Crippen molar-refractivity contribution in [1.29, 1.82) is 0 Å². The fraction of sp³-hybridized carbons (Fsp3) is 0.143. The molecule has 0 aromatic heterocycles. The number of hydrogen-bond donors (Lipinski definition) is 2. The van der Waals surface area contributed by atoms with E-state index in [1.165, 1.54) is 13.0 Å². The molecule has 0 heterocycles. The van der Waals surface area contributed by atoms with Crippen LogP contribution in [0.15, 0.2) is 35.2 Å². The van der Waals surface area contributed by atoms with Crippen LogP contribution in [0.2, 0.25) is 5.02 Å². The number of hydrogen-bond acceptors (Lipinski definition) is 3. The highest BCUT2D eigenvalue weighted by atomic mass is 35.5. The molecule has 0 aliphatic rings. The van der Waals surface area contributed by atoms with Crippen LogP contribution in [0.1, 0.15) is 11.1 Å². The lowest BCUT2D eigenvalue weighted by Crippen LogP contribution is -2.14. The van der Waals surface area contributed by atoms with Gasteiger partial charge in [0.25, 0.3) is 10.0 Å². The summed E-state index contributed by atoms with van der Waals surface area (Å²) < 4.78 is 40.5. The molecule has 2 rings (SSSR count). The molecule has 0 aliphatic heterocycles. The zero-order valence-corrected chi connectivity index (χ0v) is 13.0. The van der Waals surface area contributed by atoms with Gasteiger partial charge in [0.15, 0.2) is 0 Å². The van der Waals surface area contributed by atoms with Gasteiger partial charge in [-0.05, 0) is 49.2 Å². The molecule has 0 saturated heterocycles. The molecule has 0 saturated carbocycles. The Bertz CT molecular complexity index is 784. The Morgan fingerprint density at radius 2 is 1.86 bits per heavy atom. The summed E-state index contributed by atoms with van der Waals surface area (Å²) in [6.45, 7) is 3.26. The summed E-state index contributed by atoms with van der Waals surface area (Å²) in [6.07, 6.45) is 0. The Balaban J connectivity index is 2.46. The van der Waals surface area contributed by atoms with Crippen molar-refractivity contribution < 1.29 is 12.8 Å². The van der Waals surface area contributed by atoms with Gasteiger partial charge >= 0.3 is 0 Å². The Kier molecular flexibility index (Phi) is 4.11. The smallest absolute Gasteiger partial charge is 0.262 e. The van der Waals surface area contributed by atoms with E-state index in [2.05, 4.69) is 4.72 Å². The molecule has 21 heavy (non-hydrogen) atoms. The average molecular weight is 329 g/mol. The summed E-state index contributed by atoms with van der Waals surface area (Å²) >= 11 is 5.97. The lowest BCUT2D eigenvalue weighted by Gasteiger charge is -2.12. The van der Waals surface area contributed by atoms with E-state index in [9.17, 15) is 12.8 Å². The van der Waals surface area contributed by atoms with Crippen LogP contribution in [0.5, 0.6) is 0 Å². The molecule has 0 atom stereocenters. The third kappa shape index (κ3) is 3.28. The first-order chi connectivity index (χ1) is 9.70. The van der Waals surface area contributed by atoms with E-state index in [1.807, 2.05) is 6.92 Å². The van der Waals surface area contributed by atoms with E-state index in [4.69, 9.17) is 17.3 Å². The van der Waals surface area contributed by atoms with Gasteiger partial charge in [0.2, 0.25) is 0 Å². The molecule has 0 bridgehead atoms. The Hall–Kier alpha value is -1.79. The monoisotopic (exact) mass is 328 g/mol. The highest BCUT2D eigenvalue weighted by Gasteiger charge is 2.18. The molecule has 0 amide bonds. The molecular formula is C14H14ClFN2O2S. The minimum atomic E-state index is -3.90. The topological polar surface area (TPSA) is 72.2 Å². The van der Waals surface area contributed by atoms with Crippen molar-refractivity contribution in [2.45, 2.75) is 18.7 Å². The predicted molar refractivity (Wildman–Crippen MR) is 82.5 cm³/mol. The third-order valence-electron chi connectivity index (χ3n) is 2.93. The lowest BCUT2D eigenvalue weighted by atomic mass is 10.2. The molecule has 0 unspecified atom stereocenters. The lowest BCUT2D eigenvalue weighted by molar-refractivity contribution is 0.599. The first-order valence-electron chi connectivity index (χ1n) is 6.05. The zero-order chi connectivity index (χ0) is 15.8. The standard InChI is InChI=1S/C14H14ClFN2O2S/c1-8-3-4-11(15)13(5-8)18-21(19,20)10-6-9(2)14(16)12(17)7-10/h3-7,18H,17H2,1-2H3. The van der Waals surface area contributed by atoms with Crippen molar-refractivity contribution in [3.8, 4) is 0 Å². The molecule has 0 radical (unpaired) electrons. The molecule has 2 aromatic rings. The van der Waals surface area contributed by atoms with Crippen LogP contribution in [0, 0.1) is 19.7 Å². The summed E-state index contributed by atoms with van der Waals surface area (Å²) in [5.74, 6) is -0.623. The van der Waals surface area contributed by atoms with Gasteiger partial charge in [0.1, 0.15) is 5.82 Å². The van der Waals surface area contributed by atoms with E-state index in [0.717, 1.165) is 11.6 Å². The van der Waals surface area contributed by atoms with Crippen molar-refractivity contribution in [1.82, 2.24) is 0 Å². The molecule has 0 fully saturated rings. The van der Waals surface area contributed by atoms with Crippen molar-refractivity contribution in [3.63, 3.8) is 0 Å². The molecular weight excluding hydrogens is 315 g/mol. The van der Waals surface area contributed by atoms with Crippen LogP contribution in [0.3, 0.4) is 0 Å². The molecule has 0 aliphatic carbocycles. The van der Waals surface area contributed by atoms with Gasteiger partial charge in [0.05, 0.1) is 21.3 Å². The van der Waals surface area contributed by atoms with Crippen LogP contribution in [0.4, 0.5) is 15.8 Å². The maximum absolute atomic E-state index is 13.5. The normalized spacial score (nSPS) is 11.4. The van der Waals surface area contributed by atoms with Gasteiger partial charge in [0, 0.05) is 0 Å². The fourth-order valence-corrected chi connectivity index (χ4v) is 3.25. The number of rotatable bonds is 3. The molecule has 7 heteroatoms. The zero-order valence-electron chi connectivity index (χ0n) is 11.4. The number of aryl methyl sites for hydroxylation is 2. The first kappa shape index (κ1) is 15.6. The average Bonchev–Trinajstić information content (AvgIpc) is 2.39. The van der Waals surface area contributed by atoms with Crippen molar-refractivity contribution in [2.24, 2.45) is 0 Å². The maximum atomic E-state index is 13.5. The number of nitrogen functional groups attached to an aromatic ring is 1.